The second-order valence-electron chi connectivity index (χ2n) is 6.75. The lowest BCUT2D eigenvalue weighted by Gasteiger charge is -2.26. The quantitative estimate of drug-likeness (QED) is 0.355. The molecule has 0 spiro atoms. The topological polar surface area (TPSA) is 119 Å². The van der Waals surface area contributed by atoms with Crippen molar-refractivity contribution in [3.63, 3.8) is 0 Å². The molecule has 10 heteroatoms. The van der Waals surface area contributed by atoms with Gasteiger partial charge in [0, 0.05) is 19.1 Å². The van der Waals surface area contributed by atoms with Crippen LogP contribution in [0, 0.1) is 0 Å². The Bertz CT molecular complexity index is 775. The van der Waals surface area contributed by atoms with E-state index in [9.17, 15) is 14.4 Å². The van der Waals surface area contributed by atoms with Gasteiger partial charge < -0.3 is 24.4 Å². The molecule has 1 aromatic rings. The highest BCUT2D eigenvalue weighted by molar-refractivity contribution is 6.35. The van der Waals surface area contributed by atoms with E-state index in [1.807, 2.05) is 6.92 Å². The number of amides is 3. The summed E-state index contributed by atoms with van der Waals surface area (Å²) in [5.74, 6) is -0.859. The minimum Gasteiger partial charge on any atom is -0.490 e. The lowest BCUT2D eigenvalue weighted by Crippen LogP contribution is -2.43. The van der Waals surface area contributed by atoms with Crippen molar-refractivity contribution in [3.05, 3.63) is 23.8 Å². The minimum absolute atomic E-state index is 0.103. The Balaban J connectivity index is 1.95. The number of nitrogens with zero attached hydrogens (tertiary/aromatic N) is 2. The third-order valence-corrected chi connectivity index (χ3v) is 3.99. The highest BCUT2D eigenvalue weighted by atomic mass is 16.5. The molecule has 2 rings (SSSR count). The van der Waals surface area contributed by atoms with Gasteiger partial charge in [0.25, 0.3) is 5.91 Å². The van der Waals surface area contributed by atoms with Gasteiger partial charge in [0.05, 0.1) is 26.0 Å². The maximum atomic E-state index is 12.2. The average molecular weight is 420 g/mol. The predicted molar refractivity (Wildman–Crippen MR) is 110 cm³/mol. The molecular weight excluding hydrogens is 392 g/mol. The Labute approximate surface area is 175 Å². The number of hydrogen-bond donors (Lipinski definition) is 2. The second kappa shape index (κ2) is 11.8. The van der Waals surface area contributed by atoms with Crippen LogP contribution in [-0.2, 0) is 19.1 Å². The van der Waals surface area contributed by atoms with Gasteiger partial charge in [0.1, 0.15) is 0 Å². The van der Waals surface area contributed by atoms with Crippen molar-refractivity contribution in [2.75, 3.05) is 39.5 Å². The number of ether oxygens (including phenoxy) is 3. The van der Waals surface area contributed by atoms with E-state index in [-0.39, 0.29) is 18.6 Å². The van der Waals surface area contributed by atoms with Gasteiger partial charge >= 0.3 is 11.8 Å². The van der Waals surface area contributed by atoms with Gasteiger partial charge in [0.2, 0.25) is 0 Å². The first kappa shape index (κ1) is 23.1. The van der Waals surface area contributed by atoms with E-state index in [0.717, 1.165) is 0 Å². The Morgan fingerprint density at radius 2 is 1.90 bits per heavy atom. The van der Waals surface area contributed by atoms with Crippen molar-refractivity contribution < 1.29 is 28.6 Å². The number of carbonyl (C=O) groups excluding carboxylic acids is 3. The van der Waals surface area contributed by atoms with E-state index in [1.54, 1.807) is 36.9 Å². The summed E-state index contributed by atoms with van der Waals surface area (Å²) in [6, 6.07) is 4.87. The molecule has 2 N–H and O–H groups in total. The maximum absolute atomic E-state index is 12.2. The van der Waals surface area contributed by atoms with Crippen LogP contribution in [0.3, 0.4) is 0 Å². The molecule has 1 aromatic carbocycles. The van der Waals surface area contributed by atoms with Crippen molar-refractivity contribution in [3.8, 4) is 11.5 Å². The maximum Gasteiger partial charge on any atom is 0.329 e. The number of benzene rings is 1. The van der Waals surface area contributed by atoms with Crippen LogP contribution in [-0.4, -0.2) is 74.4 Å². The second-order valence-corrected chi connectivity index (χ2v) is 6.75. The van der Waals surface area contributed by atoms with E-state index in [0.29, 0.717) is 50.0 Å². The molecule has 164 valence electrons. The van der Waals surface area contributed by atoms with Crippen LogP contribution in [0.1, 0.15) is 26.3 Å². The van der Waals surface area contributed by atoms with Crippen LogP contribution in [0.4, 0.5) is 0 Å². The third kappa shape index (κ3) is 7.36. The summed E-state index contributed by atoms with van der Waals surface area (Å²) in [6.45, 7) is 7.79. The molecule has 0 unspecified atom stereocenters. The number of nitrogens with one attached hydrogen (secondary N) is 2. The van der Waals surface area contributed by atoms with Crippen molar-refractivity contribution in [2.24, 2.45) is 5.10 Å². The first-order chi connectivity index (χ1) is 14.4. The summed E-state index contributed by atoms with van der Waals surface area (Å²) in [4.78, 5) is 37.1. The zero-order valence-corrected chi connectivity index (χ0v) is 17.5. The Morgan fingerprint density at radius 1 is 1.17 bits per heavy atom. The fraction of sp³-hybridized carbons (Fsp3) is 0.500. The molecule has 0 aliphatic carbocycles. The number of morpholine rings is 1. The molecule has 10 nitrogen and oxygen atoms in total. The zero-order chi connectivity index (χ0) is 21.9. The Morgan fingerprint density at radius 3 is 2.57 bits per heavy atom. The molecule has 1 aliphatic rings. The van der Waals surface area contributed by atoms with E-state index in [4.69, 9.17) is 14.2 Å². The van der Waals surface area contributed by atoms with Crippen LogP contribution >= 0.6 is 0 Å². The molecule has 0 radical (unpaired) electrons. The normalized spacial score (nSPS) is 13.9. The van der Waals surface area contributed by atoms with Crippen LogP contribution < -0.4 is 20.2 Å². The molecule has 3 amide bonds. The number of carbonyl (C=O) groups is 3. The lowest BCUT2D eigenvalue weighted by atomic mass is 10.2. The monoisotopic (exact) mass is 420 g/mol. The van der Waals surface area contributed by atoms with E-state index < -0.39 is 11.8 Å². The highest BCUT2D eigenvalue weighted by Crippen LogP contribution is 2.28. The summed E-state index contributed by atoms with van der Waals surface area (Å²) in [5, 5.41) is 6.25. The van der Waals surface area contributed by atoms with Gasteiger partial charge in [0.15, 0.2) is 18.1 Å². The van der Waals surface area contributed by atoms with E-state index >= 15 is 0 Å². The summed E-state index contributed by atoms with van der Waals surface area (Å²) in [7, 11) is 0. The van der Waals surface area contributed by atoms with Crippen molar-refractivity contribution >= 4 is 23.9 Å². The molecule has 30 heavy (non-hydrogen) atoms. The van der Waals surface area contributed by atoms with Crippen LogP contribution in [0.15, 0.2) is 23.3 Å². The Hall–Kier alpha value is -3.14. The van der Waals surface area contributed by atoms with Crippen molar-refractivity contribution in [2.45, 2.75) is 26.8 Å². The van der Waals surface area contributed by atoms with Gasteiger partial charge in [-0.15, -0.1) is 0 Å². The number of rotatable bonds is 8. The summed E-state index contributed by atoms with van der Waals surface area (Å²) >= 11 is 0. The van der Waals surface area contributed by atoms with Gasteiger partial charge in [-0.3, -0.25) is 14.4 Å². The molecule has 1 aliphatic heterocycles. The van der Waals surface area contributed by atoms with Gasteiger partial charge in [-0.05, 0) is 44.5 Å². The molecule has 0 atom stereocenters. The summed E-state index contributed by atoms with van der Waals surface area (Å²) < 4.78 is 16.5. The first-order valence-electron chi connectivity index (χ1n) is 9.79. The molecule has 1 heterocycles. The SMILES string of the molecule is CCOc1cc(/C=N\NC(=O)C(=O)NC(C)C)ccc1OCC(=O)N1CCOCC1. The van der Waals surface area contributed by atoms with Crippen LogP contribution in [0.25, 0.3) is 0 Å². The standard InChI is InChI=1S/C20H28N4O6/c1-4-29-17-11-15(12-21-23-20(27)19(26)22-14(2)3)5-6-16(17)30-13-18(25)24-7-9-28-10-8-24/h5-6,11-12,14H,4,7-10,13H2,1-3H3,(H,22,26)(H,23,27)/b21-12-. The van der Waals surface area contributed by atoms with Gasteiger partial charge in [-0.25, -0.2) is 5.43 Å². The van der Waals surface area contributed by atoms with Crippen LogP contribution in [0.5, 0.6) is 11.5 Å². The Kier molecular flexibility index (Phi) is 9.07. The molecule has 1 fully saturated rings. The first-order valence-corrected chi connectivity index (χ1v) is 9.79. The summed E-state index contributed by atoms with van der Waals surface area (Å²) in [5.41, 5.74) is 2.79. The van der Waals surface area contributed by atoms with Gasteiger partial charge in [-0.1, -0.05) is 0 Å². The zero-order valence-electron chi connectivity index (χ0n) is 17.5. The predicted octanol–water partition coefficient (Wildman–Crippen LogP) is 0.298. The van der Waals surface area contributed by atoms with Gasteiger partial charge in [-0.2, -0.15) is 5.10 Å². The number of hydrazone groups is 1. The lowest BCUT2D eigenvalue weighted by molar-refractivity contribution is -0.139. The minimum atomic E-state index is -0.855. The van der Waals surface area contributed by atoms with Crippen molar-refractivity contribution in [1.29, 1.82) is 0 Å². The third-order valence-electron chi connectivity index (χ3n) is 3.99. The smallest absolute Gasteiger partial charge is 0.329 e. The van der Waals surface area contributed by atoms with Crippen molar-refractivity contribution in [1.82, 2.24) is 15.6 Å². The molecule has 0 saturated carbocycles. The summed E-state index contributed by atoms with van der Waals surface area (Å²) in [6.07, 6.45) is 1.38. The van der Waals surface area contributed by atoms with E-state index in [2.05, 4.69) is 15.8 Å². The largest absolute Gasteiger partial charge is 0.490 e. The fourth-order valence-corrected chi connectivity index (χ4v) is 2.58. The molecular formula is C20H28N4O6. The average Bonchev–Trinajstić information content (AvgIpc) is 2.73. The fourth-order valence-electron chi connectivity index (χ4n) is 2.58. The molecule has 0 aromatic heterocycles. The molecule has 0 bridgehead atoms. The molecule has 1 saturated heterocycles. The van der Waals surface area contributed by atoms with E-state index in [1.165, 1.54) is 6.21 Å². The highest BCUT2D eigenvalue weighted by Gasteiger charge is 2.18. The van der Waals surface area contributed by atoms with Crippen LogP contribution in [0.2, 0.25) is 0 Å². The number of hydrogen-bond acceptors (Lipinski definition) is 7.